The van der Waals surface area contributed by atoms with Crippen LogP contribution in [0.3, 0.4) is 0 Å². The lowest BCUT2D eigenvalue weighted by Gasteiger charge is -2.07. The fourth-order valence-corrected chi connectivity index (χ4v) is 2.17. The van der Waals surface area contributed by atoms with Crippen LogP contribution >= 0.6 is 11.6 Å². The molecular formula is C12H13ClF2N2. The van der Waals surface area contributed by atoms with E-state index < -0.39 is 6.43 Å². The van der Waals surface area contributed by atoms with E-state index in [1.165, 1.54) is 4.68 Å². The molecule has 2 nitrogen and oxygen atoms in total. The average molecular weight is 259 g/mol. The maximum Gasteiger partial charge on any atom is 0.257 e. The number of aromatic nitrogens is 2. The van der Waals surface area contributed by atoms with Gasteiger partial charge in [0.15, 0.2) is 0 Å². The number of fused-ring (bicyclic) bond motifs is 1. The minimum absolute atomic E-state index is 0.297. The van der Waals surface area contributed by atoms with Crippen LogP contribution in [0.2, 0.25) is 5.02 Å². The van der Waals surface area contributed by atoms with Gasteiger partial charge in [0.25, 0.3) is 6.43 Å². The molecule has 1 heterocycles. The summed E-state index contributed by atoms with van der Waals surface area (Å²) in [6.45, 7) is 3.69. The number of alkyl halides is 2. The van der Waals surface area contributed by atoms with Crippen molar-refractivity contribution in [2.45, 2.75) is 32.7 Å². The first-order valence-corrected chi connectivity index (χ1v) is 5.80. The van der Waals surface area contributed by atoms with Crippen LogP contribution in [0.15, 0.2) is 18.3 Å². The molecular weight excluding hydrogens is 246 g/mol. The molecule has 92 valence electrons. The van der Waals surface area contributed by atoms with Crippen molar-refractivity contribution in [2.24, 2.45) is 0 Å². The standard InChI is InChI=1S/C12H13ClF2N2/c1-7(2)9-3-8-5-17(6-12(14)15)16-11(8)4-10(9)13/h3-5,7,12H,6H2,1-2H3. The molecule has 0 amide bonds. The molecule has 0 fully saturated rings. The maximum absolute atomic E-state index is 12.2. The first-order chi connectivity index (χ1) is 7.97. The van der Waals surface area contributed by atoms with Gasteiger partial charge in [-0.15, -0.1) is 0 Å². The third kappa shape index (κ3) is 2.57. The van der Waals surface area contributed by atoms with Gasteiger partial charge < -0.3 is 0 Å². The lowest BCUT2D eigenvalue weighted by molar-refractivity contribution is 0.122. The SMILES string of the molecule is CC(C)c1cc2cn(CC(F)F)nc2cc1Cl. The Kier molecular flexibility index (Phi) is 3.33. The van der Waals surface area contributed by atoms with E-state index in [1.54, 1.807) is 12.3 Å². The van der Waals surface area contributed by atoms with Crippen LogP contribution in [0, 0.1) is 0 Å². The highest BCUT2D eigenvalue weighted by molar-refractivity contribution is 6.32. The van der Waals surface area contributed by atoms with Crippen molar-refractivity contribution in [3.8, 4) is 0 Å². The van der Waals surface area contributed by atoms with E-state index in [1.807, 2.05) is 19.9 Å². The fourth-order valence-electron chi connectivity index (χ4n) is 1.79. The molecule has 0 saturated carbocycles. The molecule has 2 rings (SSSR count). The van der Waals surface area contributed by atoms with E-state index >= 15 is 0 Å². The highest BCUT2D eigenvalue weighted by Crippen LogP contribution is 2.28. The van der Waals surface area contributed by atoms with Crippen molar-refractivity contribution in [1.82, 2.24) is 9.78 Å². The number of hydrogen-bond donors (Lipinski definition) is 0. The summed E-state index contributed by atoms with van der Waals surface area (Å²) < 4.78 is 25.8. The van der Waals surface area contributed by atoms with Crippen LogP contribution in [0.25, 0.3) is 10.9 Å². The minimum atomic E-state index is -2.40. The second-order valence-corrected chi connectivity index (χ2v) is 4.74. The van der Waals surface area contributed by atoms with Gasteiger partial charge in [-0.1, -0.05) is 25.4 Å². The quantitative estimate of drug-likeness (QED) is 0.811. The van der Waals surface area contributed by atoms with E-state index in [2.05, 4.69) is 5.10 Å². The summed E-state index contributed by atoms with van der Waals surface area (Å²) in [5.74, 6) is 0.297. The zero-order chi connectivity index (χ0) is 12.6. The zero-order valence-electron chi connectivity index (χ0n) is 9.62. The van der Waals surface area contributed by atoms with Crippen molar-refractivity contribution in [3.63, 3.8) is 0 Å². The second kappa shape index (κ2) is 4.61. The predicted octanol–water partition coefficient (Wildman–Crippen LogP) is 4.08. The Morgan fingerprint density at radius 3 is 2.65 bits per heavy atom. The molecule has 0 radical (unpaired) electrons. The number of hydrogen-bond acceptors (Lipinski definition) is 1. The lowest BCUT2D eigenvalue weighted by atomic mass is 10.0. The van der Waals surface area contributed by atoms with Gasteiger partial charge in [0, 0.05) is 16.6 Å². The number of nitrogens with zero attached hydrogens (tertiary/aromatic N) is 2. The van der Waals surface area contributed by atoms with E-state index in [-0.39, 0.29) is 6.54 Å². The summed E-state index contributed by atoms with van der Waals surface area (Å²) in [5.41, 5.74) is 1.66. The molecule has 0 N–H and O–H groups in total. The van der Waals surface area contributed by atoms with Gasteiger partial charge in [0.2, 0.25) is 0 Å². The highest BCUT2D eigenvalue weighted by Gasteiger charge is 2.11. The Bertz CT molecular complexity index is 535. The van der Waals surface area contributed by atoms with Gasteiger partial charge >= 0.3 is 0 Å². The van der Waals surface area contributed by atoms with E-state index in [0.29, 0.717) is 16.5 Å². The molecule has 1 aromatic heterocycles. The van der Waals surface area contributed by atoms with Gasteiger partial charge in [-0.25, -0.2) is 8.78 Å². The smallest absolute Gasteiger partial charge is 0.257 e. The molecule has 0 spiro atoms. The van der Waals surface area contributed by atoms with Crippen LogP contribution in [0.1, 0.15) is 25.3 Å². The fraction of sp³-hybridized carbons (Fsp3) is 0.417. The molecule has 0 bridgehead atoms. The van der Waals surface area contributed by atoms with Gasteiger partial charge in [0.1, 0.15) is 6.54 Å². The summed E-state index contributed by atoms with van der Waals surface area (Å²) in [4.78, 5) is 0. The Hall–Kier alpha value is -1.16. The average Bonchev–Trinajstić information content (AvgIpc) is 2.56. The Balaban J connectivity index is 2.47. The van der Waals surface area contributed by atoms with Crippen molar-refractivity contribution in [3.05, 3.63) is 28.9 Å². The normalized spacial score (nSPS) is 11.9. The van der Waals surface area contributed by atoms with Crippen molar-refractivity contribution in [1.29, 1.82) is 0 Å². The summed E-state index contributed by atoms with van der Waals surface area (Å²) in [6.07, 6.45) is -0.770. The molecule has 0 unspecified atom stereocenters. The van der Waals surface area contributed by atoms with Crippen LogP contribution < -0.4 is 0 Å². The second-order valence-electron chi connectivity index (χ2n) is 4.33. The molecule has 0 saturated heterocycles. The number of rotatable bonds is 3. The first kappa shape index (κ1) is 12.3. The lowest BCUT2D eigenvalue weighted by Crippen LogP contribution is -2.06. The topological polar surface area (TPSA) is 17.8 Å². The van der Waals surface area contributed by atoms with Gasteiger partial charge in [-0.3, -0.25) is 4.68 Å². The molecule has 0 atom stereocenters. The summed E-state index contributed by atoms with van der Waals surface area (Å²) in [5, 5.41) is 5.55. The number of halogens is 3. The van der Waals surface area contributed by atoms with Crippen LogP contribution in [0.5, 0.6) is 0 Å². The van der Waals surface area contributed by atoms with Crippen LogP contribution in [-0.2, 0) is 6.54 Å². The number of benzene rings is 1. The molecule has 0 aliphatic rings. The maximum atomic E-state index is 12.2. The van der Waals surface area contributed by atoms with Gasteiger partial charge in [0.05, 0.1) is 5.52 Å². The van der Waals surface area contributed by atoms with E-state index in [0.717, 1.165) is 10.9 Å². The molecule has 17 heavy (non-hydrogen) atoms. The van der Waals surface area contributed by atoms with Crippen LogP contribution in [-0.4, -0.2) is 16.2 Å². The largest absolute Gasteiger partial charge is 0.266 e. The Morgan fingerprint density at radius 1 is 1.35 bits per heavy atom. The van der Waals surface area contributed by atoms with Crippen molar-refractivity contribution in [2.75, 3.05) is 0 Å². The molecule has 0 aliphatic carbocycles. The molecule has 1 aromatic carbocycles. The molecule has 5 heteroatoms. The third-order valence-corrected chi connectivity index (χ3v) is 2.94. The summed E-state index contributed by atoms with van der Waals surface area (Å²) >= 11 is 6.12. The highest BCUT2D eigenvalue weighted by atomic mass is 35.5. The van der Waals surface area contributed by atoms with E-state index in [9.17, 15) is 8.78 Å². The van der Waals surface area contributed by atoms with Crippen molar-refractivity contribution >= 4 is 22.5 Å². The zero-order valence-corrected chi connectivity index (χ0v) is 10.4. The van der Waals surface area contributed by atoms with Crippen molar-refractivity contribution < 1.29 is 8.78 Å². The minimum Gasteiger partial charge on any atom is -0.266 e. The summed E-state index contributed by atoms with van der Waals surface area (Å²) in [6, 6.07) is 3.64. The molecule has 2 aromatic rings. The molecule has 0 aliphatic heterocycles. The van der Waals surface area contributed by atoms with Crippen LogP contribution in [0.4, 0.5) is 8.78 Å². The Labute approximate surface area is 103 Å². The van der Waals surface area contributed by atoms with E-state index in [4.69, 9.17) is 11.6 Å². The monoisotopic (exact) mass is 258 g/mol. The van der Waals surface area contributed by atoms with Gasteiger partial charge in [-0.2, -0.15) is 5.10 Å². The predicted molar refractivity (Wildman–Crippen MR) is 64.8 cm³/mol. The summed E-state index contributed by atoms with van der Waals surface area (Å²) in [7, 11) is 0. The Morgan fingerprint density at radius 2 is 2.06 bits per heavy atom. The third-order valence-electron chi connectivity index (χ3n) is 2.62. The first-order valence-electron chi connectivity index (χ1n) is 5.42. The van der Waals surface area contributed by atoms with Gasteiger partial charge in [-0.05, 0) is 23.6 Å².